The molecule has 3 rings (SSSR count). The van der Waals surface area contributed by atoms with Gasteiger partial charge in [0.2, 0.25) is 0 Å². The molecule has 0 saturated heterocycles. The third-order valence-electron chi connectivity index (χ3n) is 3.92. The van der Waals surface area contributed by atoms with Crippen LogP contribution in [0.4, 0.5) is 5.69 Å². The summed E-state index contributed by atoms with van der Waals surface area (Å²) in [4.78, 5) is 0. The van der Waals surface area contributed by atoms with E-state index in [1.165, 1.54) is 16.8 Å². The van der Waals surface area contributed by atoms with Crippen LogP contribution >= 0.6 is 0 Å². The van der Waals surface area contributed by atoms with Gasteiger partial charge >= 0.3 is 0 Å². The number of hydrogen-bond donors (Lipinski definition) is 1. The lowest BCUT2D eigenvalue weighted by molar-refractivity contribution is 0.340. The van der Waals surface area contributed by atoms with Gasteiger partial charge in [0.25, 0.3) is 0 Å². The van der Waals surface area contributed by atoms with E-state index in [0.717, 1.165) is 12.2 Å². The van der Waals surface area contributed by atoms with Crippen LogP contribution in [-0.4, -0.2) is 12.6 Å². The zero-order valence-electron chi connectivity index (χ0n) is 12.1. The SMILES string of the molecule is CCOc1ccc(C2CC(C)Nc3ccccc32)cc1. The van der Waals surface area contributed by atoms with Crippen molar-refractivity contribution < 1.29 is 4.74 Å². The van der Waals surface area contributed by atoms with Crippen molar-refractivity contribution in [2.45, 2.75) is 32.2 Å². The predicted molar refractivity (Wildman–Crippen MR) is 83.6 cm³/mol. The van der Waals surface area contributed by atoms with Crippen LogP contribution in [0.2, 0.25) is 0 Å². The summed E-state index contributed by atoms with van der Waals surface area (Å²) in [7, 11) is 0. The van der Waals surface area contributed by atoms with Gasteiger partial charge in [0.1, 0.15) is 5.75 Å². The van der Waals surface area contributed by atoms with Crippen molar-refractivity contribution in [1.82, 2.24) is 0 Å². The molecule has 2 aromatic carbocycles. The van der Waals surface area contributed by atoms with Crippen molar-refractivity contribution in [3.8, 4) is 5.75 Å². The fourth-order valence-corrected chi connectivity index (χ4v) is 3.02. The quantitative estimate of drug-likeness (QED) is 0.888. The Morgan fingerprint density at radius 2 is 1.85 bits per heavy atom. The zero-order valence-corrected chi connectivity index (χ0v) is 12.1. The maximum atomic E-state index is 5.53. The second-order valence-electron chi connectivity index (χ2n) is 5.42. The van der Waals surface area contributed by atoms with Crippen LogP contribution in [0, 0.1) is 0 Å². The van der Waals surface area contributed by atoms with E-state index in [-0.39, 0.29) is 0 Å². The van der Waals surface area contributed by atoms with Gasteiger partial charge < -0.3 is 10.1 Å². The Morgan fingerprint density at radius 3 is 2.60 bits per heavy atom. The second-order valence-corrected chi connectivity index (χ2v) is 5.42. The highest BCUT2D eigenvalue weighted by Gasteiger charge is 2.24. The van der Waals surface area contributed by atoms with E-state index in [0.29, 0.717) is 18.6 Å². The Morgan fingerprint density at radius 1 is 1.10 bits per heavy atom. The minimum atomic E-state index is 0.470. The largest absolute Gasteiger partial charge is 0.494 e. The number of fused-ring (bicyclic) bond motifs is 1. The molecular formula is C18H21NO. The van der Waals surface area contributed by atoms with Gasteiger partial charge in [-0.25, -0.2) is 0 Å². The standard InChI is InChI=1S/C18H21NO/c1-3-20-15-10-8-14(9-11-15)17-12-13(2)19-18-7-5-4-6-16(17)18/h4-11,13,17,19H,3,12H2,1-2H3. The van der Waals surface area contributed by atoms with E-state index in [1.54, 1.807) is 0 Å². The molecule has 1 heterocycles. The Hall–Kier alpha value is -1.96. The molecule has 1 N–H and O–H groups in total. The van der Waals surface area contributed by atoms with Gasteiger partial charge in [-0.2, -0.15) is 0 Å². The molecule has 2 unspecified atom stereocenters. The maximum absolute atomic E-state index is 5.53. The van der Waals surface area contributed by atoms with E-state index >= 15 is 0 Å². The Kier molecular flexibility index (Phi) is 3.64. The van der Waals surface area contributed by atoms with Gasteiger partial charge in [0.05, 0.1) is 6.61 Å². The molecule has 0 aliphatic carbocycles. The minimum Gasteiger partial charge on any atom is -0.494 e. The van der Waals surface area contributed by atoms with E-state index in [2.05, 4.69) is 60.8 Å². The summed E-state index contributed by atoms with van der Waals surface area (Å²) < 4.78 is 5.53. The maximum Gasteiger partial charge on any atom is 0.119 e. The molecule has 2 heteroatoms. The molecule has 1 aliphatic rings. The number of anilines is 1. The molecule has 2 atom stereocenters. The van der Waals surface area contributed by atoms with Crippen molar-refractivity contribution in [2.75, 3.05) is 11.9 Å². The van der Waals surface area contributed by atoms with Crippen LogP contribution in [0.5, 0.6) is 5.75 Å². The molecule has 0 aromatic heterocycles. The van der Waals surface area contributed by atoms with Gasteiger partial charge in [-0.05, 0) is 49.6 Å². The van der Waals surface area contributed by atoms with Gasteiger partial charge in [-0.1, -0.05) is 30.3 Å². The second kappa shape index (κ2) is 5.58. The summed E-state index contributed by atoms with van der Waals surface area (Å²) in [6.45, 7) is 4.97. The Balaban J connectivity index is 1.93. The van der Waals surface area contributed by atoms with Crippen LogP contribution in [0.3, 0.4) is 0 Å². The topological polar surface area (TPSA) is 21.3 Å². The molecule has 2 nitrogen and oxygen atoms in total. The molecule has 0 spiro atoms. The molecule has 0 radical (unpaired) electrons. The summed E-state index contributed by atoms with van der Waals surface area (Å²) in [5, 5.41) is 3.57. The smallest absolute Gasteiger partial charge is 0.119 e. The Bertz CT molecular complexity index is 576. The lowest BCUT2D eigenvalue weighted by atomic mass is 9.82. The van der Waals surface area contributed by atoms with Crippen molar-refractivity contribution in [1.29, 1.82) is 0 Å². The first-order chi connectivity index (χ1) is 9.78. The highest BCUT2D eigenvalue weighted by molar-refractivity contribution is 5.58. The number of benzene rings is 2. The van der Waals surface area contributed by atoms with Crippen LogP contribution in [0.1, 0.15) is 37.3 Å². The van der Waals surface area contributed by atoms with Crippen LogP contribution in [0.15, 0.2) is 48.5 Å². The Labute approximate surface area is 120 Å². The summed E-state index contributed by atoms with van der Waals surface area (Å²) in [6.07, 6.45) is 1.13. The van der Waals surface area contributed by atoms with Crippen LogP contribution in [0.25, 0.3) is 0 Å². The highest BCUT2D eigenvalue weighted by Crippen LogP contribution is 2.38. The van der Waals surface area contributed by atoms with Gasteiger partial charge in [0, 0.05) is 17.6 Å². The molecule has 2 aromatic rings. The van der Waals surface area contributed by atoms with Crippen molar-refractivity contribution in [3.63, 3.8) is 0 Å². The summed E-state index contributed by atoms with van der Waals surface area (Å²) in [5.74, 6) is 1.42. The third kappa shape index (κ3) is 2.51. The third-order valence-corrected chi connectivity index (χ3v) is 3.92. The summed E-state index contributed by atoms with van der Waals surface area (Å²) in [5.41, 5.74) is 4.04. The summed E-state index contributed by atoms with van der Waals surface area (Å²) in [6, 6.07) is 17.7. The molecule has 0 fully saturated rings. The highest BCUT2D eigenvalue weighted by atomic mass is 16.5. The normalized spacial score (nSPS) is 20.9. The molecule has 104 valence electrons. The van der Waals surface area contributed by atoms with E-state index in [4.69, 9.17) is 4.74 Å². The van der Waals surface area contributed by atoms with Crippen LogP contribution in [-0.2, 0) is 0 Å². The molecule has 0 bridgehead atoms. The number of ether oxygens (including phenoxy) is 1. The first-order valence-electron chi connectivity index (χ1n) is 7.36. The number of para-hydroxylation sites is 1. The summed E-state index contributed by atoms with van der Waals surface area (Å²) >= 11 is 0. The lowest BCUT2D eigenvalue weighted by Gasteiger charge is -2.31. The average molecular weight is 267 g/mol. The first kappa shape index (κ1) is 13.0. The molecule has 0 amide bonds. The minimum absolute atomic E-state index is 0.470. The van der Waals surface area contributed by atoms with E-state index in [9.17, 15) is 0 Å². The van der Waals surface area contributed by atoms with Gasteiger partial charge in [-0.15, -0.1) is 0 Å². The molecule has 1 aliphatic heterocycles. The predicted octanol–water partition coefficient (Wildman–Crippen LogP) is 4.42. The zero-order chi connectivity index (χ0) is 13.9. The average Bonchev–Trinajstić information content (AvgIpc) is 2.47. The van der Waals surface area contributed by atoms with Gasteiger partial charge in [0.15, 0.2) is 0 Å². The first-order valence-corrected chi connectivity index (χ1v) is 7.36. The van der Waals surface area contributed by atoms with Crippen molar-refractivity contribution >= 4 is 5.69 Å². The van der Waals surface area contributed by atoms with Gasteiger partial charge in [-0.3, -0.25) is 0 Å². The molecular weight excluding hydrogens is 246 g/mol. The fraction of sp³-hybridized carbons (Fsp3) is 0.333. The fourth-order valence-electron chi connectivity index (χ4n) is 3.02. The number of rotatable bonds is 3. The molecule has 0 saturated carbocycles. The van der Waals surface area contributed by atoms with Crippen molar-refractivity contribution in [2.24, 2.45) is 0 Å². The van der Waals surface area contributed by atoms with Crippen molar-refractivity contribution in [3.05, 3.63) is 59.7 Å². The number of nitrogens with one attached hydrogen (secondary N) is 1. The van der Waals surface area contributed by atoms with Crippen LogP contribution < -0.4 is 10.1 Å². The lowest BCUT2D eigenvalue weighted by Crippen LogP contribution is -2.25. The molecule has 20 heavy (non-hydrogen) atoms. The van der Waals surface area contributed by atoms with E-state index < -0.39 is 0 Å². The number of hydrogen-bond acceptors (Lipinski definition) is 2. The monoisotopic (exact) mass is 267 g/mol. The van der Waals surface area contributed by atoms with E-state index in [1.807, 2.05) is 6.92 Å².